The molecular weight excluding hydrogens is 258 g/mol. The molecule has 0 radical (unpaired) electrons. The molecule has 19 heavy (non-hydrogen) atoms. The molecule has 1 aliphatic heterocycles. The maximum Gasteiger partial charge on any atom is 0.119 e. The van der Waals surface area contributed by atoms with Gasteiger partial charge >= 0.3 is 0 Å². The minimum atomic E-state index is 0. The number of phenolic OH excluding ortho intramolecular Hbond substituents is 1. The lowest BCUT2D eigenvalue weighted by Gasteiger charge is -2.44. The van der Waals surface area contributed by atoms with Gasteiger partial charge in [-0.25, -0.2) is 0 Å². The normalized spacial score (nSPS) is 26.2. The largest absolute Gasteiger partial charge is 0.508 e. The number of aromatic hydroxyl groups is 1. The lowest BCUT2D eigenvalue weighted by atomic mass is 9.75. The van der Waals surface area contributed by atoms with Crippen molar-refractivity contribution in [2.45, 2.75) is 45.1 Å². The maximum absolute atomic E-state index is 10.0. The average molecular weight is 282 g/mol. The van der Waals surface area contributed by atoms with Crippen molar-refractivity contribution in [3.05, 3.63) is 29.3 Å². The Morgan fingerprint density at radius 2 is 2.16 bits per heavy atom. The van der Waals surface area contributed by atoms with Crippen LogP contribution in [0, 0.1) is 5.92 Å². The zero-order valence-corrected chi connectivity index (χ0v) is 12.5. The molecule has 0 amide bonds. The Morgan fingerprint density at radius 1 is 1.32 bits per heavy atom. The predicted octanol–water partition coefficient (Wildman–Crippen LogP) is 3.40. The summed E-state index contributed by atoms with van der Waals surface area (Å²) in [6.45, 7) is 4.72. The van der Waals surface area contributed by atoms with Crippen LogP contribution in [0.5, 0.6) is 5.75 Å². The van der Waals surface area contributed by atoms with Crippen LogP contribution >= 0.6 is 12.4 Å². The van der Waals surface area contributed by atoms with E-state index in [4.69, 9.17) is 0 Å². The summed E-state index contributed by atoms with van der Waals surface area (Å²) in [5.74, 6) is 1.31. The molecule has 3 heteroatoms. The third kappa shape index (κ3) is 2.75. The summed E-state index contributed by atoms with van der Waals surface area (Å²) in [5, 5.41) is 10.0. The smallest absolute Gasteiger partial charge is 0.119 e. The molecule has 0 saturated carbocycles. The fraction of sp³-hybridized carbons (Fsp3) is 0.625. The number of likely N-dealkylation sites (tertiary alicyclic amines) is 1. The summed E-state index contributed by atoms with van der Waals surface area (Å²) in [5.41, 5.74) is 2.59. The zero-order valence-electron chi connectivity index (χ0n) is 11.6. The topological polar surface area (TPSA) is 23.5 Å². The molecule has 0 aromatic heterocycles. The Balaban J connectivity index is 0.00000133. The van der Waals surface area contributed by atoms with Gasteiger partial charge in [-0.1, -0.05) is 19.1 Å². The van der Waals surface area contributed by atoms with Gasteiger partial charge in [0.05, 0.1) is 0 Å². The first-order chi connectivity index (χ1) is 8.79. The van der Waals surface area contributed by atoms with E-state index < -0.39 is 0 Å². The first kappa shape index (κ1) is 14.7. The third-order valence-corrected chi connectivity index (χ3v) is 4.69. The van der Waals surface area contributed by atoms with Crippen molar-refractivity contribution in [2.75, 3.05) is 13.1 Å². The summed E-state index contributed by atoms with van der Waals surface area (Å²) in [7, 11) is 0. The van der Waals surface area contributed by atoms with Gasteiger partial charge in [0.1, 0.15) is 5.75 Å². The molecule has 0 bridgehead atoms. The van der Waals surface area contributed by atoms with E-state index in [0.717, 1.165) is 18.8 Å². The number of rotatable bonds is 2. The molecule has 1 saturated heterocycles. The third-order valence-electron chi connectivity index (χ3n) is 4.69. The number of hydrogen-bond acceptors (Lipinski definition) is 2. The summed E-state index contributed by atoms with van der Waals surface area (Å²) >= 11 is 0. The second-order valence-electron chi connectivity index (χ2n) is 5.83. The van der Waals surface area contributed by atoms with Gasteiger partial charge in [0.25, 0.3) is 0 Å². The van der Waals surface area contributed by atoms with E-state index in [2.05, 4.69) is 17.9 Å². The molecule has 1 aromatic rings. The van der Waals surface area contributed by atoms with E-state index >= 15 is 0 Å². The van der Waals surface area contributed by atoms with Gasteiger partial charge in [0.15, 0.2) is 0 Å². The first-order valence-electron chi connectivity index (χ1n) is 7.33. The number of nitrogens with zero attached hydrogens (tertiary/aromatic N) is 1. The van der Waals surface area contributed by atoms with Crippen molar-refractivity contribution in [3.8, 4) is 5.75 Å². The Kier molecular flexibility index (Phi) is 4.75. The molecule has 0 unspecified atom stereocenters. The lowest BCUT2D eigenvalue weighted by molar-refractivity contribution is 0.0848. The molecule has 2 aliphatic rings. The van der Waals surface area contributed by atoms with Crippen LogP contribution in [0.3, 0.4) is 0 Å². The van der Waals surface area contributed by atoms with E-state index in [1.807, 2.05) is 12.1 Å². The van der Waals surface area contributed by atoms with Crippen LogP contribution in [0.15, 0.2) is 18.2 Å². The first-order valence-corrected chi connectivity index (χ1v) is 7.33. The van der Waals surface area contributed by atoms with Gasteiger partial charge in [-0.15, -0.1) is 12.4 Å². The quantitative estimate of drug-likeness (QED) is 0.898. The van der Waals surface area contributed by atoms with E-state index in [9.17, 15) is 5.11 Å². The summed E-state index contributed by atoms with van der Waals surface area (Å²) < 4.78 is 0. The second-order valence-corrected chi connectivity index (χ2v) is 5.83. The van der Waals surface area contributed by atoms with Gasteiger partial charge in [-0.05, 0) is 68.3 Å². The van der Waals surface area contributed by atoms with Gasteiger partial charge in [0, 0.05) is 6.04 Å². The highest BCUT2D eigenvalue weighted by molar-refractivity contribution is 5.85. The standard InChI is InChI=1S/C16H23NO.ClH/c1-2-8-17-9-4-6-13-10-12-5-3-7-16(18)14(12)11-15(13)17;/h3,5,7,13,15,18H,2,4,6,8-11H2,1H3;1H/t13-,15+;/m1./s1. The molecule has 1 N–H and O–H groups in total. The van der Waals surface area contributed by atoms with E-state index in [1.165, 1.54) is 43.5 Å². The number of piperidine rings is 1. The second kappa shape index (κ2) is 6.15. The van der Waals surface area contributed by atoms with Crippen molar-refractivity contribution >= 4 is 12.4 Å². The molecule has 1 fully saturated rings. The van der Waals surface area contributed by atoms with Gasteiger partial charge in [-0.3, -0.25) is 4.90 Å². The van der Waals surface area contributed by atoms with E-state index in [-0.39, 0.29) is 12.4 Å². The van der Waals surface area contributed by atoms with Gasteiger partial charge in [-0.2, -0.15) is 0 Å². The Hall–Kier alpha value is -0.730. The van der Waals surface area contributed by atoms with Crippen molar-refractivity contribution in [1.82, 2.24) is 4.90 Å². The number of phenols is 1. The fourth-order valence-corrected chi connectivity index (χ4v) is 3.85. The Morgan fingerprint density at radius 3 is 2.95 bits per heavy atom. The minimum Gasteiger partial charge on any atom is -0.508 e. The van der Waals surface area contributed by atoms with E-state index in [1.54, 1.807) is 0 Å². The monoisotopic (exact) mass is 281 g/mol. The number of benzene rings is 1. The van der Waals surface area contributed by atoms with Crippen molar-refractivity contribution < 1.29 is 5.11 Å². The van der Waals surface area contributed by atoms with Crippen LogP contribution in [-0.4, -0.2) is 29.1 Å². The van der Waals surface area contributed by atoms with Crippen molar-refractivity contribution in [1.29, 1.82) is 0 Å². The van der Waals surface area contributed by atoms with Crippen LogP contribution in [0.1, 0.15) is 37.3 Å². The number of fused-ring (bicyclic) bond motifs is 2. The zero-order chi connectivity index (χ0) is 12.5. The van der Waals surface area contributed by atoms with Crippen LogP contribution in [0.2, 0.25) is 0 Å². The SMILES string of the molecule is CCCN1CCC[C@@H]2Cc3cccc(O)c3C[C@@H]21.Cl. The molecule has 0 spiro atoms. The fourth-order valence-electron chi connectivity index (χ4n) is 3.85. The molecule has 1 aromatic carbocycles. The summed E-state index contributed by atoms with van der Waals surface area (Å²) in [4.78, 5) is 2.66. The summed E-state index contributed by atoms with van der Waals surface area (Å²) in [6, 6.07) is 6.69. The lowest BCUT2D eigenvalue weighted by Crippen LogP contribution is -2.49. The highest BCUT2D eigenvalue weighted by Gasteiger charge is 2.35. The van der Waals surface area contributed by atoms with Crippen LogP contribution in [-0.2, 0) is 12.8 Å². The number of hydrogen-bond donors (Lipinski definition) is 1. The molecule has 1 aliphatic carbocycles. The molecule has 3 rings (SSSR count). The van der Waals surface area contributed by atoms with Crippen LogP contribution < -0.4 is 0 Å². The maximum atomic E-state index is 10.0. The minimum absolute atomic E-state index is 0. The molecule has 2 nitrogen and oxygen atoms in total. The number of halogens is 1. The average Bonchev–Trinajstić information content (AvgIpc) is 2.38. The van der Waals surface area contributed by atoms with Crippen molar-refractivity contribution in [2.24, 2.45) is 5.92 Å². The highest BCUT2D eigenvalue weighted by Crippen LogP contribution is 2.38. The molecule has 2 atom stereocenters. The highest BCUT2D eigenvalue weighted by atomic mass is 35.5. The molecular formula is C16H24ClNO. The van der Waals surface area contributed by atoms with Gasteiger partial charge < -0.3 is 5.11 Å². The summed E-state index contributed by atoms with van der Waals surface area (Å²) in [6.07, 6.45) is 6.15. The molecule has 106 valence electrons. The van der Waals surface area contributed by atoms with E-state index in [0.29, 0.717) is 11.8 Å². The Labute approximate surface area is 122 Å². The predicted molar refractivity (Wildman–Crippen MR) is 81.1 cm³/mol. The van der Waals surface area contributed by atoms with Crippen LogP contribution in [0.25, 0.3) is 0 Å². The van der Waals surface area contributed by atoms with Gasteiger partial charge in [0.2, 0.25) is 0 Å². The molecule has 1 heterocycles. The van der Waals surface area contributed by atoms with Crippen LogP contribution in [0.4, 0.5) is 0 Å². The van der Waals surface area contributed by atoms with Crippen molar-refractivity contribution in [3.63, 3.8) is 0 Å². The Bertz CT molecular complexity index is 433.